The fourth-order valence-electron chi connectivity index (χ4n) is 3.20. The molecule has 2 fully saturated rings. The molecule has 3 unspecified atom stereocenters. The first kappa shape index (κ1) is 17.5. The molecule has 0 N–H and O–H groups in total. The summed E-state index contributed by atoms with van der Waals surface area (Å²) in [6, 6.07) is 16.0. The zero-order valence-corrected chi connectivity index (χ0v) is 15.8. The summed E-state index contributed by atoms with van der Waals surface area (Å²) in [4.78, 5) is 5.84. The topological polar surface area (TPSA) is 65.1 Å². The molecule has 146 valence electrons. The van der Waals surface area contributed by atoms with Crippen molar-refractivity contribution in [1.82, 2.24) is 0 Å². The van der Waals surface area contributed by atoms with Crippen LogP contribution in [0.5, 0.6) is 11.5 Å². The quantitative estimate of drug-likeness (QED) is 0.657. The minimum Gasteiger partial charge on any atom is -0.491 e. The molecule has 0 spiro atoms. The lowest BCUT2D eigenvalue weighted by atomic mass is 9.89. The Kier molecular flexibility index (Phi) is 4.45. The molecule has 2 aromatic rings. The van der Waals surface area contributed by atoms with E-state index in [2.05, 4.69) is 12.1 Å². The van der Waals surface area contributed by atoms with E-state index in [0.29, 0.717) is 19.6 Å². The van der Waals surface area contributed by atoms with Crippen LogP contribution in [0.3, 0.4) is 0 Å². The van der Waals surface area contributed by atoms with Gasteiger partial charge in [0.15, 0.2) is 5.60 Å². The fourth-order valence-corrected chi connectivity index (χ4v) is 3.20. The largest absolute Gasteiger partial charge is 0.491 e. The van der Waals surface area contributed by atoms with Crippen molar-refractivity contribution in [3.8, 4) is 11.5 Å². The number of hydrogen-bond acceptors (Lipinski definition) is 6. The van der Waals surface area contributed by atoms with Gasteiger partial charge in [0.05, 0.1) is 18.9 Å². The molecule has 2 saturated heterocycles. The molecule has 3 heterocycles. The molecule has 6 heteroatoms. The molecule has 5 rings (SSSR count). The van der Waals surface area contributed by atoms with E-state index in [1.807, 2.05) is 48.5 Å². The van der Waals surface area contributed by atoms with Crippen LogP contribution in [0, 0.1) is 0 Å². The second kappa shape index (κ2) is 7.11. The van der Waals surface area contributed by atoms with E-state index >= 15 is 0 Å². The predicted molar refractivity (Wildman–Crippen MR) is 103 cm³/mol. The van der Waals surface area contributed by atoms with Gasteiger partial charge in [-0.15, -0.1) is 0 Å². The molecule has 2 aromatic carbocycles. The van der Waals surface area contributed by atoms with Gasteiger partial charge < -0.3 is 23.8 Å². The van der Waals surface area contributed by atoms with Gasteiger partial charge in [0, 0.05) is 6.42 Å². The summed E-state index contributed by atoms with van der Waals surface area (Å²) in [5.74, 6) is 1.68. The van der Waals surface area contributed by atoms with Crippen molar-refractivity contribution in [3.05, 3.63) is 59.7 Å². The Bertz CT molecular complexity index is 856. The summed E-state index contributed by atoms with van der Waals surface area (Å²) in [5, 5.41) is 4.35. The van der Waals surface area contributed by atoms with Gasteiger partial charge in [-0.05, 0) is 54.4 Å². The van der Waals surface area contributed by atoms with Gasteiger partial charge >= 0.3 is 0 Å². The summed E-state index contributed by atoms with van der Waals surface area (Å²) in [6.45, 7) is 4.87. The molecule has 3 aliphatic heterocycles. The molecule has 6 nitrogen and oxygen atoms in total. The maximum atomic E-state index is 5.84. The number of ether oxygens (including phenoxy) is 4. The normalized spacial score (nSPS) is 27.7. The smallest absolute Gasteiger partial charge is 0.165 e. The highest BCUT2D eigenvalue weighted by molar-refractivity contribution is 6.01. The van der Waals surface area contributed by atoms with E-state index in [1.54, 1.807) is 0 Å². The number of epoxide rings is 2. The summed E-state index contributed by atoms with van der Waals surface area (Å²) in [5.41, 5.74) is 2.57. The Morgan fingerprint density at radius 1 is 0.893 bits per heavy atom. The van der Waals surface area contributed by atoms with Gasteiger partial charge in [-0.1, -0.05) is 17.3 Å². The third kappa shape index (κ3) is 3.98. The molecule has 3 atom stereocenters. The van der Waals surface area contributed by atoms with Crippen molar-refractivity contribution < 1.29 is 23.8 Å². The molecule has 0 amide bonds. The molecule has 0 saturated carbocycles. The van der Waals surface area contributed by atoms with Crippen LogP contribution in [-0.2, 0) is 19.9 Å². The van der Waals surface area contributed by atoms with E-state index < -0.39 is 5.60 Å². The Morgan fingerprint density at radius 2 is 1.43 bits per heavy atom. The van der Waals surface area contributed by atoms with Gasteiger partial charge in [-0.25, -0.2) is 0 Å². The van der Waals surface area contributed by atoms with E-state index in [0.717, 1.165) is 41.6 Å². The third-order valence-electron chi connectivity index (χ3n) is 5.19. The number of hydrogen-bond donors (Lipinski definition) is 0. The number of benzene rings is 2. The minimum atomic E-state index is -0.480. The highest BCUT2D eigenvalue weighted by atomic mass is 16.7. The maximum Gasteiger partial charge on any atom is 0.165 e. The summed E-state index contributed by atoms with van der Waals surface area (Å²) in [6.07, 6.45) is 1.22. The first-order valence-electron chi connectivity index (χ1n) is 9.63. The average Bonchev–Trinajstić information content (AvgIpc) is 3.65. The maximum absolute atomic E-state index is 5.84. The Balaban J connectivity index is 1.20. The summed E-state index contributed by atoms with van der Waals surface area (Å²) < 4.78 is 21.7. The first-order valence-corrected chi connectivity index (χ1v) is 9.63. The van der Waals surface area contributed by atoms with Crippen LogP contribution in [0.2, 0.25) is 0 Å². The fraction of sp³-hybridized carbons (Fsp3) is 0.409. The highest BCUT2D eigenvalue weighted by Gasteiger charge is 2.36. The minimum absolute atomic E-state index is 0.255. The second-order valence-corrected chi connectivity index (χ2v) is 7.62. The lowest BCUT2D eigenvalue weighted by Gasteiger charge is -2.22. The molecule has 0 aliphatic carbocycles. The van der Waals surface area contributed by atoms with Crippen molar-refractivity contribution in [2.24, 2.45) is 5.16 Å². The zero-order valence-electron chi connectivity index (χ0n) is 15.8. The predicted octanol–water partition coefficient (Wildman–Crippen LogP) is 3.28. The monoisotopic (exact) mass is 381 g/mol. The van der Waals surface area contributed by atoms with Gasteiger partial charge in [0.1, 0.15) is 36.9 Å². The van der Waals surface area contributed by atoms with Crippen LogP contribution in [0.1, 0.15) is 24.5 Å². The van der Waals surface area contributed by atoms with Crippen molar-refractivity contribution >= 4 is 5.71 Å². The molecule has 0 radical (unpaired) electrons. The van der Waals surface area contributed by atoms with E-state index in [-0.39, 0.29) is 12.2 Å². The van der Waals surface area contributed by atoms with Gasteiger partial charge in [0.2, 0.25) is 0 Å². The van der Waals surface area contributed by atoms with Crippen LogP contribution in [-0.4, -0.2) is 44.3 Å². The number of rotatable bonds is 8. The van der Waals surface area contributed by atoms with Crippen molar-refractivity contribution in [1.29, 1.82) is 0 Å². The van der Waals surface area contributed by atoms with Crippen LogP contribution in [0.15, 0.2) is 53.7 Å². The Hall–Kier alpha value is -2.57. The second-order valence-electron chi connectivity index (χ2n) is 7.62. The van der Waals surface area contributed by atoms with Crippen LogP contribution in [0.4, 0.5) is 0 Å². The third-order valence-corrected chi connectivity index (χ3v) is 5.19. The molecular formula is C22H23NO5. The summed E-state index contributed by atoms with van der Waals surface area (Å²) in [7, 11) is 0. The Labute approximate surface area is 164 Å². The number of nitrogens with zero attached hydrogens (tertiary/aromatic N) is 1. The van der Waals surface area contributed by atoms with E-state index in [1.165, 1.54) is 0 Å². The van der Waals surface area contributed by atoms with Crippen molar-refractivity contribution in [2.75, 3.05) is 26.4 Å². The van der Waals surface area contributed by atoms with Crippen molar-refractivity contribution in [3.63, 3.8) is 0 Å². The van der Waals surface area contributed by atoms with Crippen LogP contribution in [0.25, 0.3) is 0 Å². The standard InChI is InChI=1S/C22H23NO5/c1-22(16-4-8-18(9-5-16)25-12-20-14-27-20)10-21(23-28-22)15-2-6-17(7-3-15)24-11-19-13-26-19/h2-9,19-20H,10-14H2,1H3. The average molecular weight is 381 g/mol. The SMILES string of the molecule is CC1(c2ccc(OCC3CO3)cc2)CC(c2ccc(OCC3CO3)cc2)=NO1. The van der Waals surface area contributed by atoms with E-state index in [4.69, 9.17) is 23.8 Å². The van der Waals surface area contributed by atoms with Gasteiger partial charge in [-0.3, -0.25) is 0 Å². The highest BCUT2D eigenvalue weighted by Crippen LogP contribution is 2.37. The first-order chi connectivity index (χ1) is 13.7. The van der Waals surface area contributed by atoms with Crippen LogP contribution < -0.4 is 9.47 Å². The van der Waals surface area contributed by atoms with Gasteiger partial charge in [0.25, 0.3) is 0 Å². The Morgan fingerprint density at radius 3 is 1.96 bits per heavy atom. The lowest BCUT2D eigenvalue weighted by molar-refractivity contribution is -0.00741. The van der Waals surface area contributed by atoms with Gasteiger partial charge in [-0.2, -0.15) is 0 Å². The lowest BCUT2D eigenvalue weighted by Crippen LogP contribution is -2.22. The molecular weight excluding hydrogens is 358 g/mol. The molecule has 28 heavy (non-hydrogen) atoms. The number of oxime groups is 1. The zero-order chi connectivity index (χ0) is 19.0. The van der Waals surface area contributed by atoms with Crippen LogP contribution >= 0.6 is 0 Å². The molecule has 3 aliphatic rings. The molecule has 0 aromatic heterocycles. The summed E-state index contributed by atoms with van der Waals surface area (Å²) >= 11 is 0. The van der Waals surface area contributed by atoms with Crippen molar-refractivity contribution in [2.45, 2.75) is 31.2 Å². The van der Waals surface area contributed by atoms with E-state index in [9.17, 15) is 0 Å². The molecule has 0 bridgehead atoms.